The Kier molecular flexibility index (Phi) is 8.29. The third-order valence-electron chi connectivity index (χ3n) is 6.18. The van der Waals surface area contributed by atoms with Crippen molar-refractivity contribution in [3.05, 3.63) is 0 Å². The molecule has 2 aliphatic rings. The van der Waals surface area contributed by atoms with Crippen LogP contribution in [0.3, 0.4) is 0 Å². The number of hydrogen-bond acceptors (Lipinski definition) is 2. The lowest BCUT2D eigenvalue weighted by molar-refractivity contribution is 0.114. The van der Waals surface area contributed by atoms with Crippen molar-refractivity contribution in [2.45, 2.75) is 103 Å². The van der Waals surface area contributed by atoms with Crippen LogP contribution in [0.4, 0.5) is 0 Å². The van der Waals surface area contributed by atoms with E-state index in [-0.39, 0.29) is 0 Å². The Morgan fingerprint density at radius 1 is 0.875 bits per heavy atom. The van der Waals surface area contributed by atoms with Crippen molar-refractivity contribution in [3.63, 3.8) is 0 Å². The lowest BCUT2D eigenvalue weighted by Crippen LogP contribution is -2.54. The average molecular weight is 355 g/mol. The minimum absolute atomic E-state index is 0.601. The zero-order chi connectivity index (χ0) is 17.6. The van der Waals surface area contributed by atoms with E-state index < -0.39 is 8.56 Å². The molecule has 0 aliphatic heterocycles. The van der Waals surface area contributed by atoms with Crippen LogP contribution < -0.4 is 0 Å². The van der Waals surface area contributed by atoms with Gasteiger partial charge in [0.2, 0.25) is 0 Å². The fraction of sp³-hybridized carbons (Fsp3) is 1.00. The number of rotatable bonds is 8. The fourth-order valence-corrected chi connectivity index (χ4v) is 10.5. The van der Waals surface area contributed by atoms with Crippen LogP contribution in [0.1, 0.15) is 92.4 Å². The molecule has 0 aromatic carbocycles. The second-order valence-electron chi connectivity index (χ2n) is 9.21. The molecule has 0 bridgehead atoms. The van der Waals surface area contributed by atoms with Gasteiger partial charge in [0.1, 0.15) is 0 Å². The van der Waals surface area contributed by atoms with E-state index in [2.05, 4.69) is 34.6 Å². The topological polar surface area (TPSA) is 18.5 Å². The number of hydrogen-bond donors (Lipinski definition) is 0. The molecule has 0 amide bonds. The van der Waals surface area contributed by atoms with Crippen molar-refractivity contribution in [2.75, 3.05) is 13.2 Å². The Balaban J connectivity index is 2.25. The maximum Gasteiger partial charge on any atom is 0.344 e. The van der Waals surface area contributed by atoms with Crippen LogP contribution in [0.25, 0.3) is 0 Å². The predicted molar refractivity (Wildman–Crippen MR) is 106 cm³/mol. The second-order valence-corrected chi connectivity index (χ2v) is 12.9. The smallest absolute Gasteiger partial charge is 0.344 e. The summed E-state index contributed by atoms with van der Waals surface area (Å²) in [6, 6.07) is 0. The fourth-order valence-electron chi connectivity index (χ4n) is 5.00. The summed E-state index contributed by atoms with van der Waals surface area (Å²) in [4.78, 5) is 0. The molecule has 3 heteroatoms. The van der Waals surface area contributed by atoms with Crippen LogP contribution in [-0.4, -0.2) is 21.8 Å². The predicted octanol–water partition coefficient (Wildman–Crippen LogP) is 6.69. The summed E-state index contributed by atoms with van der Waals surface area (Å²) in [5.41, 5.74) is 1.45. The minimum atomic E-state index is -2.16. The zero-order valence-corrected chi connectivity index (χ0v) is 18.0. The summed E-state index contributed by atoms with van der Waals surface area (Å²) in [5.74, 6) is 2.30. The monoisotopic (exact) mass is 354 g/mol. The van der Waals surface area contributed by atoms with E-state index >= 15 is 0 Å². The normalized spacial score (nSPS) is 34.2. The highest BCUT2D eigenvalue weighted by molar-refractivity contribution is 6.70. The molecule has 2 rings (SSSR count). The third-order valence-corrected chi connectivity index (χ3v) is 10.8. The van der Waals surface area contributed by atoms with E-state index in [9.17, 15) is 0 Å². The van der Waals surface area contributed by atoms with Crippen LogP contribution in [0, 0.1) is 17.8 Å². The van der Waals surface area contributed by atoms with Crippen molar-refractivity contribution in [3.8, 4) is 0 Å². The Morgan fingerprint density at radius 3 is 1.83 bits per heavy atom. The summed E-state index contributed by atoms with van der Waals surface area (Å²) in [6.45, 7) is 13.5. The molecule has 0 radical (unpaired) electrons. The second kappa shape index (κ2) is 9.73. The summed E-state index contributed by atoms with van der Waals surface area (Å²) in [6.07, 6.45) is 12.1. The third kappa shape index (κ3) is 5.31. The van der Waals surface area contributed by atoms with Gasteiger partial charge in [0.15, 0.2) is 0 Å². The highest BCUT2D eigenvalue weighted by atomic mass is 28.4. The summed E-state index contributed by atoms with van der Waals surface area (Å²) in [5, 5.41) is 0. The Morgan fingerprint density at radius 2 is 1.42 bits per heavy atom. The van der Waals surface area contributed by atoms with Gasteiger partial charge in [-0.2, -0.15) is 0 Å². The molecule has 0 aromatic heterocycles. The van der Waals surface area contributed by atoms with Gasteiger partial charge in [0.25, 0.3) is 0 Å². The maximum atomic E-state index is 6.89. The molecule has 4 atom stereocenters. The van der Waals surface area contributed by atoms with Crippen LogP contribution in [0.5, 0.6) is 0 Å². The first-order chi connectivity index (χ1) is 11.5. The van der Waals surface area contributed by atoms with Crippen molar-refractivity contribution >= 4 is 8.56 Å². The van der Waals surface area contributed by atoms with Gasteiger partial charge in [0, 0.05) is 24.3 Å². The maximum absolute atomic E-state index is 6.89. The lowest BCUT2D eigenvalue weighted by atomic mass is 9.90. The van der Waals surface area contributed by atoms with Gasteiger partial charge in [-0.1, -0.05) is 60.3 Å². The Labute approximate surface area is 152 Å². The average Bonchev–Trinajstić information content (AvgIpc) is 2.55. The van der Waals surface area contributed by atoms with Crippen molar-refractivity contribution < 1.29 is 8.85 Å². The van der Waals surface area contributed by atoms with E-state index in [0.717, 1.165) is 42.6 Å². The van der Waals surface area contributed by atoms with E-state index in [4.69, 9.17) is 8.85 Å². The molecule has 2 saturated carbocycles. The molecule has 24 heavy (non-hydrogen) atoms. The van der Waals surface area contributed by atoms with Gasteiger partial charge in [-0.3, -0.25) is 0 Å². The van der Waals surface area contributed by atoms with Gasteiger partial charge in [0.05, 0.1) is 0 Å². The molecule has 2 nitrogen and oxygen atoms in total. The SMILES string of the molecule is CCCO[Si](OCC(C)C)(C1CCCC(C)C1)C1CCCC(C)C1. The summed E-state index contributed by atoms with van der Waals surface area (Å²) >= 11 is 0. The molecule has 2 fully saturated rings. The highest BCUT2D eigenvalue weighted by Crippen LogP contribution is 2.51. The molecule has 142 valence electrons. The van der Waals surface area contributed by atoms with Crippen LogP contribution in [0.15, 0.2) is 0 Å². The van der Waals surface area contributed by atoms with Gasteiger partial charge in [-0.15, -0.1) is 0 Å². The Bertz CT molecular complexity index is 336. The molecule has 0 heterocycles. The van der Waals surface area contributed by atoms with Gasteiger partial charge < -0.3 is 8.85 Å². The quantitative estimate of drug-likeness (QED) is 0.452. The minimum Gasteiger partial charge on any atom is -0.394 e. The first-order valence-corrected chi connectivity index (χ1v) is 12.7. The molecule has 4 unspecified atom stereocenters. The molecule has 0 spiro atoms. The zero-order valence-electron chi connectivity index (χ0n) is 17.0. The highest BCUT2D eigenvalue weighted by Gasteiger charge is 2.53. The molecule has 0 aromatic rings. The van der Waals surface area contributed by atoms with E-state index in [0.29, 0.717) is 5.92 Å². The van der Waals surface area contributed by atoms with Crippen molar-refractivity contribution in [1.29, 1.82) is 0 Å². The largest absolute Gasteiger partial charge is 0.394 e. The van der Waals surface area contributed by atoms with Gasteiger partial charge in [-0.25, -0.2) is 0 Å². The molecular weight excluding hydrogens is 312 g/mol. The van der Waals surface area contributed by atoms with Crippen molar-refractivity contribution in [1.82, 2.24) is 0 Å². The van der Waals surface area contributed by atoms with Crippen LogP contribution >= 0.6 is 0 Å². The Hall–Kier alpha value is 0.137. The molecule has 0 saturated heterocycles. The van der Waals surface area contributed by atoms with E-state index in [1.54, 1.807) is 0 Å². The molecule has 0 N–H and O–H groups in total. The van der Waals surface area contributed by atoms with Crippen LogP contribution in [-0.2, 0) is 8.85 Å². The van der Waals surface area contributed by atoms with E-state index in [1.807, 2.05) is 0 Å². The summed E-state index contributed by atoms with van der Waals surface area (Å²) < 4.78 is 13.7. The first kappa shape index (κ1) is 20.4. The molecular formula is C21H42O2Si. The van der Waals surface area contributed by atoms with Gasteiger partial charge >= 0.3 is 8.56 Å². The van der Waals surface area contributed by atoms with Crippen LogP contribution in [0.2, 0.25) is 11.1 Å². The van der Waals surface area contributed by atoms with Crippen molar-refractivity contribution in [2.24, 2.45) is 17.8 Å². The van der Waals surface area contributed by atoms with E-state index in [1.165, 1.54) is 51.4 Å². The summed E-state index contributed by atoms with van der Waals surface area (Å²) in [7, 11) is -2.16. The molecule has 2 aliphatic carbocycles. The van der Waals surface area contributed by atoms with Gasteiger partial charge in [-0.05, 0) is 49.9 Å². The standard InChI is InChI=1S/C21H42O2Si/c1-6-13-22-24(23-16-17(2)3,20-11-7-9-18(4)14-20)21-12-8-10-19(5)15-21/h17-21H,6-16H2,1-5H3. The first-order valence-electron chi connectivity index (χ1n) is 10.8. The lowest BCUT2D eigenvalue weighted by Gasteiger charge is -2.47.